The lowest BCUT2D eigenvalue weighted by Crippen LogP contribution is -2.54. The smallest absolute Gasteiger partial charge is 0.407 e. The lowest BCUT2D eigenvalue weighted by atomic mass is 9.92. The molecule has 7 rings (SSSR count). The van der Waals surface area contributed by atoms with Gasteiger partial charge in [0, 0.05) is 30.8 Å². The average molecular weight is 839 g/mol. The minimum absolute atomic E-state index is 0.121. The minimum atomic E-state index is -0.911. The van der Waals surface area contributed by atoms with Gasteiger partial charge in [0.1, 0.15) is 29.5 Å². The molecular weight excluding hydrogens is 781 g/mol. The number of nitrogens with zero attached hydrogens (tertiary/aromatic N) is 4. The number of alkyl carbamates (subject to hydrolysis) is 2. The lowest BCUT2D eigenvalue weighted by molar-refractivity contribution is -0.138. The number of hydrogen-bond donors (Lipinski definition) is 4. The Morgan fingerprint density at radius 2 is 1.44 bits per heavy atom. The zero-order chi connectivity index (χ0) is 43.4. The number of hydrogen-bond acceptors (Lipinski definition) is 10. The highest BCUT2D eigenvalue weighted by molar-refractivity contribution is 5.87. The Balaban J connectivity index is 1.14. The van der Waals surface area contributed by atoms with Gasteiger partial charge in [0.05, 0.1) is 62.8 Å². The van der Waals surface area contributed by atoms with E-state index in [1.807, 2.05) is 31.0 Å². The summed E-state index contributed by atoms with van der Waals surface area (Å²) in [6, 6.07) is 8.28. The van der Waals surface area contributed by atoms with Crippen molar-refractivity contribution in [2.24, 2.45) is 5.92 Å². The van der Waals surface area contributed by atoms with Gasteiger partial charge in [0.15, 0.2) is 0 Å². The predicted octanol–water partition coefficient (Wildman–Crippen LogP) is 6.76. The summed E-state index contributed by atoms with van der Waals surface area (Å²) in [6.07, 6.45) is 6.23. The Morgan fingerprint density at radius 3 is 2.16 bits per heavy atom. The number of carbonyl (C=O) groups excluding carboxylic acids is 4. The van der Waals surface area contributed by atoms with Gasteiger partial charge >= 0.3 is 12.2 Å². The standard InChI is InChI=1S/C45H58N8O8/c1-25(2)38(50-44(56)58-6)42(54)52-18-10-12-35(52)40-46-23-33(48-40)31-17-16-30(26(3)27(31)4)29-14-15-32-34-24-47-41(49-34)36-13-11-19-53(36)43(55)39(51-45(57)59-7)28(5)60-20-8-9-21-61-37(32)22-29/h14-17,22-25,28,35-36,38-39H,8-13,18-21H2,1-7H3,(H,46,48)(H,47,49)(H,50,56)(H,51,57)/t28-,35-,36-,38-,39-/m0/s1. The number of rotatable bonds is 7. The highest BCUT2D eigenvalue weighted by Crippen LogP contribution is 2.40. The van der Waals surface area contributed by atoms with Crippen LogP contribution in [-0.2, 0) is 23.8 Å². The van der Waals surface area contributed by atoms with Crippen molar-refractivity contribution in [3.63, 3.8) is 0 Å². The molecule has 2 aromatic carbocycles. The van der Waals surface area contributed by atoms with Crippen LogP contribution in [0.1, 0.15) is 94.2 Å². The maximum absolute atomic E-state index is 14.0. The lowest BCUT2D eigenvalue weighted by Gasteiger charge is -2.31. The molecule has 2 fully saturated rings. The summed E-state index contributed by atoms with van der Waals surface area (Å²) in [4.78, 5) is 72.1. The first kappa shape index (κ1) is 43.2. The number of H-pyrrole nitrogens is 2. The molecule has 4 aromatic rings. The first-order valence-electron chi connectivity index (χ1n) is 21.3. The quantitative estimate of drug-likeness (QED) is 0.155. The first-order chi connectivity index (χ1) is 29.4. The van der Waals surface area contributed by atoms with Crippen molar-refractivity contribution in [3.8, 4) is 39.4 Å². The number of carbonyl (C=O) groups is 4. The second-order valence-corrected chi connectivity index (χ2v) is 16.5. The maximum Gasteiger partial charge on any atom is 0.407 e. The van der Waals surface area contributed by atoms with Gasteiger partial charge in [0.2, 0.25) is 11.8 Å². The van der Waals surface area contributed by atoms with Crippen molar-refractivity contribution < 1.29 is 38.1 Å². The van der Waals surface area contributed by atoms with Crippen molar-refractivity contribution in [2.45, 2.75) is 103 Å². The minimum Gasteiger partial charge on any atom is -0.493 e. The number of imidazole rings is 2. The molecule has 2 bridgehead atoms. The molecule has 61 heavy (non-hydrogen) atoms. The van der Waals surface area contributed by atoms with Gasteiger partial charge in [0.25, 0.3) is 0 Å². The molecule has 2 aromatic heterocycles. The number of fused-ring (bicyclic) bond motifs is 6. The third kappa shape index (κ3) is 9.09. The molecule has 2 saturated heterocycles. The summed E-state index contributed by atoms with van der Waals surface area (Å²) >= 11 is 0. The molecular formula is C45H58N8O8. The van der Waals surface area contributed by atoms with Gasteiger partial charge in [-0.1, -0.05) is 32.0 Å². The van der Waals surface area contributed by atoms with Crippen LogP contribution in [0.2, 0.25) is 0 Å². The Hall–Kier alpha value is -5.90. The predicted molar refractivity (Wildman–Crippen MR) is 228 cm³/mol. The summed E-state index contributed by atoms with van der Waals surface area (Å²) in [5.41, 5.74) is 7.77. The molecule has 4 amide bonds. The second-order valence-electron chi connectivity index (χ2n) is 16.5. The Bertz CT molecular complexity index is 2230. The van der Waals surface area contributed by atoms with E-state index in [1.165, 1.54) is 14.2 Å². The number of ether oxygens (including phenoxy) is 4. The monoisotopic (exact) mass is 838 g/mol. The number of likely N-dealkylation sites (tertiary alicyclic amines) is 1. The number of aromatic nitrogens is 4. The average Bonchev–Trinajstić information content (AvgIpc) is 4.10. The Morgan fingerprint density at radius 1 is 0.820 bits per heavy atom. The number of amides is 4. The van der Waals surface area contributed by atoms with Gasteiger partial charge in [-0.05, 0) is 99.6 Å². The van der Waals surface area contributed by atoms with Gasteiger partial charge < -0.3 is 49.3 Å². The third-order valence-corrected chi connectivity index (χ3v) is 12.3. The third-order valence-electron chi connectivity index (χ3n) is 12.3. The molecule has 16 heteroatoms. The summed E-state index contributed by atoms with van der Waals surface area (Å²) < 4.78 is 22.2. The molecule has 0 aliphatic carbocycles. The fourth-order valence-corrected chi connectivity index (χ4v) is 8.75. The van der Waals surface area contributed by atoms with Gasteiger partial charge in [-0.15, -0.1) is 0 Å². The van der Waals surface area contributed by atoms with Crippen LogP contribution in [0.3, 0.4) is 0 Å². The maximum atomic E-state index is 14.0. The van der Waals surface area contributed by atoms with E-state index in [-0.39, 0.29) is 29.8 Å². The van der Waals surface area contributed by atoms with Gasteiger partial charge in [-0.3, -0.25) is 9.59 Å². The Kier molecular flexibility index (Phi) is 13.3. The van der Waals surface area contributed by atoms with Crippen molar-refractivity contribution in [1.82, 2.24) is 40.4 Å². The molecule has 0 unspecified atom stereocenters. The largest absolute Gasteiger partial charge is 0.493 e. The van der Waals surface area contributed by atoms with E-state index in [1.54, 1.807) is 18.0 Å². The summed E-state index contributed by atoms with van der Waals surface area (Å²) in [6.45, 7) is 11.8. The number of methoxy groups -OCH3 is 2. The molecule has 3 aliphatic heterocycles. The van der Waals surface area contributed by atoms with Crippen LogP contribution < -0.4 is 15.4 Å². The van der Waals surface area contributed by atoms with E-state index in [0.29, 0.717) is 56.5 Å². The fraction of sp³-hybridized carbons (Fsp3) is 0.511. The first-order valence-corrected chi connectivity index (χ1v) is 21.3. The van der Waals surface area contributed by atoms with E-state index in [4.69, 9.17) is 28.9 Å². The highest BCUT2D eigenvalue weighted by Gasteiger charge is 2.40. The topological polar surface area (TPSA) is 193 Å². The van der Waals surface area contributed by atoms with Crippen LogP contribution in [0.25, 0.3) is 33.6 Å². The van der Waals surface area contributed by atoms with E-state index >= 15 is 0 Å². The molecule has 0 saturated carbocycles. The van der Waals surface area contributed by atoms with Gasteiger partial charge in [-0.25, -0.2) is 19.6 Å². The van der Waals surface area contributed by atoms with Crippen LogP contribution in [0.4, 0.5) is 9.59 Å². The molecule has 3 aliphatic rings. The Labute approximate surface area is 356 Å². The molecule has 0 radical (unpaired) electrons. The molecule has 5 atom stereocenters. The zero-order valence-corrected chi connectivity index (χ0v) is 36.1. The van der Waals surface area contributed by atoms with E-state index in [9.17, 15) is 19.2 Å². The highest BCUT2D eigenvalue weighted by atomic mass is 16.5. The van der Waals surface area contributed by atoms with Crippen LogP contribution in [0.15, 0.2) is 42.7 Å². The van der Waals surface area contributed by atoms with E-state index in [0.717, 1.165) is 70.5 Å². The van der Waals surface area contributed by atoms with Crippen LogP contribution >= 0.6 is 0 Å². The molecule has 4 N–H and O–H groups in total. The van der Waals surface area contributed by atoms with E-state index in [2.05, 4.69) is 58.7 Å². The number of nitrogens with one attached hydrogen (secondary N) is 4. The fourth-order valence-electron chi connectivity index (χ4n) is 8.75. The zero-order valence-electron chi connectivity index (χ0n) is 36.1. The molecule has 0 spiro atoms. The second kappa shape index (κ2) is 18.8. The van der Waals surface area contributed by atoms with Crippen molar-refractivity contribution >= 4 is 24.0 Å². The SMILES string of the molecule is COC(=O)N[C@H](C(=O)N1CCC[C@H]1c1ncc(-c2ccc(-c3ccc4c(c3)OCCCCO[C@@H](C)[C@H](NC(=O)OC)C(=O)N3CCC[C@H]3c3ncc-4[nH]3)c(C)c2C)[nH]1)C(C)C. The summed E-state index contributed by atoms with van der Waals surface area (Å²) in [5.74, 6) is 1.59. The van der Waals surface area contributed by atoms with Crippen molar-refractivity contribution in [3.05, 3.63) is 65.5 Å². The summed E-state index contributed by atoms with van der Waals surface area (Å²) in [5, 5.41) is 5.41. The van der Waals surface area contributed by atoms with Crippen LogP contribution in [0, 0.1) is 19.8 Å². The normalized spacial score (nSPS) is 21.3. The van der Waals surface area contributed by atoms with Gasteiger partial charge in [-0.2, -0.15) is 0 Å². The van der Waals surface area contributed by atoms with Crippen molar-refractivity contribution in [2.75, 3.05) is 40.5 Å². The molecule has 326 valence electrons. The molecule has 5 heterocycles. The van der Waals surface area contributed by atoms with Crippen molar-refractivity contribution in [1.29, 1.82) is 0 Å². The number of benzene rings is 2. The summed E-state index contributed by atoms with van der Waals surface area (Å²) in [7, 11) is 2.57. The van der Waals surface area contributed by atoms with E-state index < -0.39 is 30.4 Å². The van der Waals surface area contributed by atoms with Crippen LogP contribution in [-0.4, -0.2) is 112 Å². The van der Waals surface area contributed by atoms with Crippen LogP contribution in [0.5, 0.6) is 5.75 Å². The number of aromatic amines is 2. The molecule has 16 nitrogen and oxygen atoms in total.